The van der Waals surface area contributed by atoms with Crippen molar-refractivity contribution in [2.75, 3.05) is 26.2 Å². The van der Waals surface area contributed by atoms with Crippen LogP contribution >= 0.6 is 0 Å². The molecule has 2 aliphatic carbocycles. The van der Waals surface area contributed by atoms with Crippen molar-refractivity contribution in [1.29, 1.82) is 0 Å². The van der Waals surface area contributed by atoms with Crippen LogP contribution in [-0.2, 0) is 23.2 Å². The van der Waals surface area contributed by atoms with Crippen molar-refractivity contribution in [3.63, 3.8) is 0 Å². The van der Waals surface area contributed by atoms with Gasteiger partial charge in [0.05, 0.1) is 6.61 Å². The first-order chi connectivity index (χ1) is 16.6. The summed E-state index contributed by atoms with van der Waals surface area (Å²) in [7, 11) is 0. The average molecular weight is 461 g/mol. The van der Waals surface area contributed by atoms with Gasteiger partial charge in [-0.05, 0) is 53.9 Å². The molecule has 5 nitrogen and oxygen atoms in total. The molecule has 2 saturated carbocycles. The lowest BCUT2D eigenvalue weighted by atomic mass is 9.73. The highest BCUT2D eigenvalue weighted by molar-refractivity contribution is 5.87. The molecule has 6 rings (SSSR count). The van der Waals surface area contributed by atoms with Gasteiger partial charge in [0.2, 0.25) is 0 Å². The van der Waals surface area contributed by atoms with Crippen molar-refractivity contribution in [3.8, 4) is 5.75 Å². The number of rotatable bonds is 7. The number of amides is 1. The number of carbonyl (C=O) groups excluding carboxylic acids is 1. The van der Waals surface area contributed by atoms with E-state index in [0.717, 1.165) is 76.1 Å². The van der Waals surface area contributed by atoms with E-state index < -0.39 is 5.60 Å². The summed E-state index contributed by atoms with van der Waals surface area (Å²) < 4.78 is 5.62. The molecule has 2 aromatic rings. The molecule has 0 bridgehead atoms. The fourth-order valence-corrected chi connectivity index (χ4v) is 6.72. The van der Waals surface area contributed by atoms with Gasteiger partial charge in [0.1, 0.15) is 5.75 Å². The Balaban J connectivity index is 1.05. The number of fused-ring (bicyclic) bond motifs is 2. The zero-order chi connectivity index (χ0) is 23.1. The van der Waals surface area contributed by atoms with Crippen LogP contribution in [0.4, 0.5) is 0 Å². The van der Waals surface area contributed by atoms with E-state index in [1.165, 1.54) is 17.5 Å². The molecule has 0 radical (unpaired) electrons. The van der Waals surface area contributed by atoms with E-state index >= 15 is 0 Å². The first kappa shape index (κ1) is 22.1. The Morgan fingerprint density at radius 1 is 1.06 bits per heavy atom. The topological polar surface area (TPSA) is 61.8 Å². The summed E-state index contributed by atoms with van der Waals surface area (Å²) in [6.07, 6.45) is 7.29. The Morgan fingerprint density at radius 3 is 2.59 bits per heavy atom. The number of nitrogens with zero attached hydrogens (tertiary/aromatic N) is 1. The molecular formula is C29H36N2O3. The quantitative estimate of drug-likeness (QED) is 0.662. The highest BCUT2D eigenvalue weighted by Gasteiger charge is 2.58. The molecule has 1 amide bonds. The number of piperidine rings is 1. The number of aliphatic hydroxyl groups is 1. The van der Waals surface area contributed by atoms with Crippen LogP contribution in [0.5, 0.6) is 5.75 Å². The Kier molecular flexibility index (Phi) is 5.86. The van der Waals surface area contributed by atoms with Gasteiger partial charge in [-0.2, -0.15) is 0 Å². The Morgan fingerprint density at radius 2 is 1.82 bits per heavy atom. The van der Waals surface area contributed by atoms with E-state index in [9.17, 15) is 9.90 Å². The molecule has 3 atom stereocenters. The van der Waals surface area contributed by atoms with E-state index in [-0.39, 0.29) is 17.9 Å². The molecule has 5 heteroatoms. The van der Waals surface area contributed by atoms with Gasteiger partial charge in [0.15, 0.2) is 5.60 Å². The molecule has 0 aromatic heterocycles. The summed E-state index contributed by atoms with van der Waals surface area (Å²) >= 11 is 0. The molecule has 3 fully saturated rings. The van der Waals surface area contributed by atoms with E-state index in [4.69, 9.17) is 4.74 Å². The van der Waals surface area contributed by atoms with Gasteiger partial charge < -0.3 is 20.1 Å². The number of benzene rings is 2. The zero-order valence-electron chi connectivity index (χ0n) is 19.9. The molecule has 4 aliphatic rings. The first-order valence-corrected chi connectivity index (χ1v) is 13.2. The molecule has 2 heterocycles. The second-order valence-corrected chi connectivity index (χ2v) is 10.8. The third-order valence-electron chi connectivity index (χ3n) is 8.79. The van der Waals surface area contributed by atoms with E-state index in [2.05, 4.69) is 28.4 Å². The lowest BCUT2D eigenvalue weighted by Crippen LogP contribution is -2.52. The molecule has 34 heavy (non-hydrogen) atoms. The smallest absolute Gasteiger partial charge is 0.257 e. The monoisotopic (exact) mass is 460 g/mol. The third kappa shape index (κ3) is 4.03. The third-order valence-corrected chi connectivity index (χ3v) is 8.79. The van der Waals surface area contributed by atoms with Crippen molar-refractivity contribution in [2.45, 2.75) is 56.6 Å². The summed E-state index contributed by atoms with van der Waals surface area (Å²) in [5.74, 6) is 1.90. The Labute approximate surface area is 202 Å². The number of ether oxygens (including phenoxy) is 1. The highest BCUT2D eigenvalue weighted by atomic mass is 16.5. The normalized spacial score (nSPS) is 28.0. The van der Waals surface area contributed by atoms with Crippen LogP contribution in [0.1, 0.15) is 48.8 Å². The average Bonchev–Trinajstić information content (AvgIpc) is 3.24. The van der Waals surface area contributed by atoms with Crippen LogP contribution < -0.4 is 10.1 Å². The maximum absolute atomic E-state index is 13.5. The maximum Gasteiger partial charge on any atom is 0.257 e. The van der Waals surface area contributed by atoms with Gasteiger partial charge in [-0.25, -0.2) is 0 Å². The van der Waals surface area contributed by atoms with Crippen molar-refractivity contribution >= 4 is 5.91 Å². The van der Waals surface area contributed by atoms with Crippen LogP contribution in [0.2, 0.25) is 0 Å². The predicted octanol–water partition coefficient (Wildman–Crippen LogP) is 3.68. The lowest BCUT2D eigenvalue weighted by Gasteiger charge is -2.38. The van der Waals surface area contributed by atoms with Crippen molar-refractivity contribution in [1.82, 2.24) is 10.2 Å². The van der Waals surface area contributed by atoms with Crippen LogP contribution in [0.3, 0.4) is 0 Å². The summed E-state index contributed by atoms with van der Waals surface area (Å²) in [5, 5.41) is 15.1. The second-order valence-electron chi connectivity index (χ2n) is 10.8. The predicted molar refractivity (Wildman–Crippen MR) is 132 cm³/mol. The summed E-state index contributed by atoms with van der Waals surface area (Å²) in [6.45, 7) is 3.94. The lowest BCUT2D eigenvalue weighted by molar-refractivity contribution is -0.149. The Hall–Kier alpha value is -2.37. The van der Waals surface area contributed by atoms with Crippen LogP contribution in [0.25, 0.3) is 0 Å². The van der Waals surface area contributed by atoms with Gasteiger partial charge in [0.25, 0.3) is 5.91 Å². The number of likely N-dealkylation sites (tertiary alicyclic amines) is 1. The van der Waals surface area contributed by atoms with Gasteiger partial charge in [0, 0.05) is 38.0 Å². The standard InChI is InChI=1S/C29H36N2O3/c32-28(29(33,22-7-3-1-4-8-22)23-9-5-2-6-10-23)30-27-24-18-31(19-25(24)27)15-13-20-11-12-26-21(17-20)14-16-34-26/h1,3-4,7-8,11-12,17,23-25,27,33H,2,5-6,9-10,13-16,18-19H2,(H,30,32). The fraction of sp³-hybridized carbons (Fsp3) is 0.552. The zero-order valence-corrected chi connectivity index (χ0v) is 19.9. The highest BCUT2D eigenvalue weighted by Crippen LogP contribution is 2.47. The second kappa shape index (κ2) is 9.01. The van der Waals surface area contributed by atoms with Gasteiger partial charge in [-0.3, -0.25) is 4.79 Å². The fourth-order valence-electron chi connectivity index (χ4n) is 6.72. The molecule has 180 valence electrons. The van der Waals surface area contributed by atoms with Crippen molar-refractivity contribution < 1.29 is 14.6 Å². The molecule has 0 spiro atoms. The molecule has 3 unspecified atom stereocenters. The SMILES string of the molecule is O=C(NC1C2CN(CCc3ccc4c(c3)CCO4)CC21)C(O)(c1ccccc1)C1CCCCC1. The summed E-state index contributed by atoms with van der Waals surface area (Å²) in [6, 6.07) is 16.4. The number of nitrogens with one attached hydrogen (secondary N) is 1. The first-order valence-electron chi connectivity index (χ1n) is 13.2. The van der Waals surface area contributed by atoms with Crippen LogP contribution in [0, 0.1) is 17.8 Å². The molecule has 2 aliphatic heterocycles. The van der Waals surface area contributed by atoms with E-state index in [1.807, 2.05) is 30.3 Å². The van der Waals surface area contributed by atoms with Gasteiger partial charge >= 0.3 is 0 Å². The number of carbonyl (C=O) groups is 1. The molecule has 2 aromatic carbocycles. The van der Waals surface area contributed by atoms with Crippen LogP contribution in [0.15, 0.2) is 48.5 Å². The van der Waals surface area contributed by atoms with Gasteiger partial charge in [-0.1, -0.05) is 61.7 Å². The van der Waals surface area contributed by atoms with Crippen molar-refractivity contribution in [2.24, 2.45) is 17.8 Å². The van der Waals surface area contributed by atoms with Crippen LogP contribution in [-0.4, -0.2) is 48.2 Å². The van der Waals surface area contributed by atoms with E-state index in [0.29, 0.717) is 11.8 Å². The number of hydrogen-bond donors (Lipinski definition) is 2. The minimum absolute atomic E-state index is 0.00328. The van der Waals surface area contributed by atoms with Crippen molar-refractivity contribution in [3.05, 3.63) is 65.2 Å². The summed E-state index contributed by atoms with van der Waals surface area (Å²) in [4.78, 5) is 16.1. The minimum Gasteiger partial charge on any atom is -0.493 e. The Bertz CT molecular complexity index is 1020. The minimum atomic E-state index is -1.42. The summed E-state index contributed by atoms with van der Waals surface area (Å²) in [5.41, 5.74) is 2.05. The largest absolute Gasteiger partial charge is 0.493 e. The van der Waals surface area contributed by atoms with Gasteiger partial charge in [-0.15, -0.1) is 0 Å². The molecule has 2 N–H and O–H groups in total. The number of hydrogen-bond acceptors (Lipinski definition) is 4. The maximum atomic E-state index is 13.5. The molecular weight excluding hydrogens is 424 g/mol. The van der Waals surface area contributed by atoms with E-state index in [1.54, 1.807) is 0 Å². The molecule has 1 saturated heterocycles.